The number of nitrogens with one attached hydrogen (secondary N) is 1. The second-order valence-electron chi connectivity index (χ2n) is 5.83. The zero-order chi connectivity index (χ0) is 13.4. The van der Waals surface area contributed by atoms with Crippen molar-refractivity contribution in [1.82, 2.24) is 10.2 Å². The molecule has 1 aliphatic rings. The first kappa shape index (κ1) is 15.5. The Labute approximate surface area is 112 Å². The van der Waals surface area contributed by atoms with E-state index in [9.17, 15) is 4.79 Å². The summed E-state index contributed by atoms with van der Waals surface area (Å²) in [5.41, 5.74) is 0. The van der Waals surface area contributed by atoms with Gasteiger partial charge in [-0.25, -0.2) is 0 Å². The maximum Gasteiger partial charge on any atom is 0.222 e. The lowest BCUT2D eigenvalue weighted by Crippen LogP contribution is -2.34. The third-order valence-corrected chi connectivity index (χ3v) is 3.78. The Morgan fingerprint density at radius 3 is 2.83 bits per heavy atom. The van der Waals surface area contributed by atoms with Gasteiger partial charge in [-0.3, -0.25) is 4.79 Å². The van der Waals surface area contributed by atoms with E-state index >= 15 is 0 Å². The second kappa shape index (κ2) is 8.52. The summed E-state index contributed by atoms with van der Waals surface area (Å²) in [4.78, 5) is 14.1. The summed E-state index contributed by atoms with van der Waals surface area (Å²) in [6, 6.07) is 0.541. The van der Waals surface area contributed by atoms with Crippen molar-refractivity contribution in [2.45, 2.75) is 65.3 Å². The fourth-order valence-corrected chi connectivity index (χ4v) is 2.69. The number of rotatable bonds is 7. The molecule has 0 spiro atoms. The van der Waals surface area contributed by atoms with Crippen LogP contribution in [0.5, 0.6) is 0 Å². The Bertz CT molecular complexity index is 241. The van der Waals surface area contributed by atoms with E-state index in [2.05, 4.69) is 31.0 Å². The van der Waals surface area contributed by atoms with E-state index < -0.39 is 0 Å². The smallest absolute Gasteiger partial charge is 0.222 e. The topological polar surface area (TPSA) is 32.3 Å². The number of amides is 1. The van der Waals surface area contributed by atoms with Crippen molar-refractivity contribution < 1.29 is 4.79 Å². The quantitative estimate of drug-likeness (QED) is 0.709. The molecule has 1 N–H and O–H groups in total. The molecule has 3 nitrogen and oxygen atoms in total. The van der Waals surface area contributed by atoms with Gasteiger partial charge in [-0.2, -0.15) is 0 Å². The summed E-state index contributed by atoms with van der Waals surface area (Å²) in [6.07, 6.45) is 6.68. The standard InChI is InChI=1S/C15H30N2O/c1-4-6-14-7-8-15(18)17(12-9-14)11-5-10-16-13(2)3/h13-14,16H,4-12H2,1-3H3. The molecule has 0 aliphatic carbocycles. The number of carbonyl (C=O) groups is 1. The van der Waals surface area contributed by atoms with Crippen LogP contribution < -0.4 is 5.32 Å². The first-order valence-electron chi connectivity index (χ1n) is 7.64. The summed E-state index contributed by atoms with van der Waals surface area (Å²) in [5.74, 6) is 1.15. The van der Waals surface area contributed by atoms with Gasteiger partial charge in [0.05, 0.1) is 0 Å². The maximum absolute atomic E-state index is 12.0. The van der Waals surface area contributed by atoms with Crippen LogP contribution in [-0.2, 0) is 4.79 Å². The number of hydrogen-bond acceptors (Lipinski definition) is 2. The third kappa shape index (κ3) is 5.85. The molecule has 106 valence electrons. The molecule has 0 aromatic rings. The SMILES string of the molecule is CCCC1CCC(=O)N(CCCNC(C)C)CC1. The molecular weight excluding hydrogens is 224 g/mol. The van der Waals surface area contributed by atoms with Gasteiger partial charge in [-0.15, -0.1) is 0 Å². The minimum atomic E-state index is 0.373. The number of likely N-dealkylation sites (tertiary alicyclic amines) is 1. The van der Waals surface area contributed by atoms with Crippen molar-refractivity contribution in [3.63, 3.8) is 0 Å². The molecule has 1 fully saturated rings. The molecule has 0 saturated carbocycles. The Balaban J connectivity index is 2.25. The van der Waals surface area contributed by atoms with E-state index in [1.807, 2.05) is 0 Å². The summed E-state index contributed by atoms with van der Waals surface area (Å²) in [7, 11) is 0. The molecule has 0 aromatic carbocycles. The summed E-state index contributed by atoms with van der Waals surface area (Å²) < 4.78 is 0. The highest BCUT2D eigenvalue weighted by Crippen LogP contribution is 2.22. The molecule has 1 rings (SSSR count). The van der Waals surface area contributed by atoms with Crippen molar-refractivity contribution >= 4 is 5.91 Å². The Morgan fingerprint density at radius 2 is 2.17 bits per heavy atom. The largest absolute Gasteiger partial charge is 0.343 e. The second-order valence-corrected chi connectivity index (χ2v) is 5.83. The molecular formula is C15H30N2O. The average molecular weight is 254 g/mol. The van der Waals surface area contributed by atoms with E-state index in [1.54, 1.807) is 0 Å². The number of carbonyl (C=O) groups excluding carboxylic acids is 1. The van der Waals surface area contributed by atoms with Crippen LogP contribution in [0.2, 0.25) is 0 Å². The number of hydrogen-bond donors (Lipinski definition) is 1. The Kier molecular flexibility index (Phi) is 7.33. The molecule has 1 aliphatic heterocycles. The average Bonchev–Trinajstić information content (AvgIpc) is 2.49. The van der Waals surface area contributed by atoms with Crippen LogP contribution in [0, 0.1) is 5.92 Å². The minimum absolute atomic E-state index is 0.373. The van der Waals surface area contributed by atoms with Crippen LogP contribution in [0.3, 0.4) is 0 Å². The van der Waals surface area contributed by atoms with Crippen molar-refractivity contribution in [3.05, 3.63) is 0 Å². The highest BCUT2D eigenvalue weighted by atomic mass is 16.2. The van der Waals surface area contributed by atoms with Crippen LogP contribution in [0.1, 0.15) is 59.3 Å². The zero-order valence-corrected chi connectivity index (χ0v) is 12.4. The van der Waals surface area contributed by atoms with E-state index in [0.717, 1.165) is 44.8 Å². The van der Waals surface area contributed by atoms with Gasteiger partial charge in [0, 0.05) is 25.6 Å². The predicted octanol–water partition coefficient (Wildman–Crippen LogP) is 2.80. The summed E-state index contributed by atoms with van der Waals surface area (Å²) in [6.45, 7) is 9.48. The van der Waals surface area contributed by atoms with Gasteiger partial charge in [-0.1, -0.05) is 33.6 Å². The summed E-state index contributed by atoms with van der Waals surface area (Å²) in [5, 5.41) is 3.41. The lowest BCUT2D eigenvalue weighted by molar-refractivity contribution is -0.130. The van der Waals surface area contributed by atoms with Crippen LogP contribution >= 0.6 is 0 Å². The molecule has 1 amide bonds. The van der Waals surface area contributed by atoms with Crippen molar-refractivity contribution in [3.8, 4) is 0 Å². The fourth-order valence-electron chi connectivity index (χ4n) is 2.69. The van der Waals surface area contributed by atoms with Crippen LogP contribution in [0.25, 0.3) is 0 Å². The molecule has 1 heterocycles. The number of nitrogens with zero attached hydrogens (tertiary/aromatic N) is 1. The first-order chi connectivity index (χ1) is 8.63. The monoisotopic (exact) mass is 254 g/mol. The lowest BCUT2D eigenvalue weighted by atomic mass is 9.96. The molecule has 18 heavy (non-hydrogen) atoms. The van der Waals surface area contributed by atoms with Crippen LogP contribution in [0.15, 0.2) is 0 Å². The van der Waals surface area contributed by atoms with Gasteiger partial charge in [-0.05, 0) is 31.7 Å². The molecule has 1 atom stereocenters. The normalized spacial score (nSPS) is 21.4. The fraction of sp³-hybridized carbons (Fsp3) is 0.933. The van der Waals surface area contributed by atoms with Crippen LogP contribution in [-0.4, -0.2) is 36.5 Å². The molecule has 0 radical (unpaired) electrons. The molecule has 0 aromatic heterocycles. The van der Waals surface area contributed by atoms with Crippen molar-refractivity contribution in [2.75, 3.05) is 19.6 Å². The van der Waals surface area contributed by atoms with Gasteiger partial charge in [0.25, 0.3) is 0 Å². The van der Waals surface area contributed by atoms with Crippen molar-refractivity contribution in [1.29, 1.82) is 0 Å². The Hall–Kier alpha value is -0.570. The maximum atomic E-state index is 12.0. The van der Waals surface area contributed by atoms with E-state index in [1.165, 1.54) is 19.3 Å². The van der Waals surface area contributed by atoms with Crippen LogP contribution in [0.4, 0.5) is 0 Å². The minimum Gasteiger partial charge on any atom is -0.343 e. The zero-order valence-electron chi connectivity index (χ0n) is 12.4. The third-order valence-electron chi connectivity index (χ3n) is 3.78. The Morgan fingerprint density at radius 1 is 1.39 bits per heavy atom. The highest BCUT2D eigenvalue weighted by Gasteiger charge is 2.21. The lowest BCUT2D eigenvalue weighted by Gasteiger charge is -2.21. The van der Waals surface area contributed by atoms with E-state index in [-0.39, 0.29) is 0 Å². The van der Waals surface area contributed by atoms with Gasteiger partial charge < -0.3 is 10.2 Å². The van der Waals surface area contributed by atoms with Gasteiger partial charge in [0.15, 0.2) is 0 Å². The molecule has 1 saturated heterocycles. The van der Waals surface area contributed by atoms with Gasteiger partial charge in [0.1, 0.15) is 0 Å². The van der Waals surface area contributed by atoms with Gasteiger partial charge >= 0.3 is 0 Å². The van der Waals surface area contributed by atoms with E-state index in [0.29, 0.717) is 11.9 Å². The molecule has 3 heteroatoms. The predicted molar refractivity (Wildman–Crippen MR) is 76.6 cm³/mol. The van der Waals surface area contributed by atoms with Gasteiger partial charge in [0.2, 0.25) is 5.91 Å². The molecule has 1 unspecified atom stereocenters. The highest BCUT2D eigenvalue weighted by molar-refractivity contribution is 5.76. The van der Waals surface area contributed by atoms with E-state index in [4.69, 9.17) is 0 Å². The summed E-state index contributed by atoms with van der Waals surface area (Å²) >= 11 is 0. The molecule has 0 bridgehead atoms. The van der Waals surface area contributed by atoms with Crippen molar-refractivity contribution in [2.24, 2.45) is 5.92 Å². The first-order valence-corrected chi connectivity index (χ1v) is 7.64.